The molecule has 10 nitrogen and oxygen atoms in total. The topological polar surface area (TPSA) is 122 Å². The average molecular weight is 564 g/mol. The fourth-order valence-electron chi connectivity index (χ4n) is 3.78. The number of methoxy groups -OCH3 is 2. The Morgan fingerprint density at radius 1 is 1.00 bits per heavy atom. The van der Waals surface area contributed by atoms with Gasteiger partial charge < -0.3 is 38.8 Å². The van der Waals surface area contributed by atoms with Gasteiger partial charge in [0, 0.05) is 37.4 Å². The second-order valence-corrected chi connectivity index (χ2v) is 9.30. The van der Waals surface area contributed by atoms with Crippen molar-refractivity contribution in [2.45, 2.75) is 31.3 Å². The summed E-state index contributed by atoms with van der Waals surface area (Å²) in [5.74, 6) is -4.37. The Labute approximate surface area is 232 Å². The molecule has 0 fully saturated rings. The first-order valence-corrected chi connectivity index (χ1v) is 12.8. The molecule has 212 valence electrons. The van der Waals surface area contributed by atoms with Crippen molar-refractivity contribution in [2.75, 3.05) is 47.2 Å². The lowest BCUT2D eigenvalue weighted by Crippen LogP contribution is -2.50. The summed E-state index contributed by atoms with van der Waals surface area (Å²) in [4.78, 5) is 25.6. The van der Waals surface area contributed by atoms with Crippen LogP contribution in [0, 0.1) is 0 Å². The van der Waals surface area contributed by atoms with Gasteiger partial charge in [0.1, 0.15) is 19.5 Å². The standard InChI is InChI=1S/C28H34ClNO9/c1-19(30-17-24(31)21-7-5-9-23(29)16-21)14-20-6-4-8-22(15-20)25-18-38-28(39-25,26(32)36-12-10-34-2)27(33)37-13-11-35-3/h4-9,15-16,18-19,24,30-31H,10-14,17H2,1-3H3. The second kappa shape index (κ2) is 14.9. The molecule has 2 unspecified atom stereocenters. The van der Waals surface area contributed by atoms with E-state index in [0.29, 0.717) is 23.6 Å². The summed E-state index contributed by atoms with van der Waals surface area (Å²) in [6, 6.07) is 14.5. The Morgan fingerprint density at radius 2 is 1.67 bits per heavy atom. The molecular formula is C28H34ClNO9. The molecule has 0 bridgehead atoms. The maximum atomic E-state index is 12.8. The van der Waals surface area contributed by atoms with E-state index >= 15 is 0 Å². The van der Waals surface area contributed by atoms with Crippen LogP contribution in [-0.2, 0) is 44.4 Å². The van der Waals surface area contributed by atoms with E-state index in [1.165, 1.54) is 20.5 Å². The van der Waals surface area contributed by atoms with E-state index < -0.39 is 23.8 Å². The van der Waals surface area contributed by atoms with Crippen LogP contribution in [-0.4, -0.2) is 76.1 Å². The number of carbonyl (C=O) groups is 2. The molecule has 2 aromatic carbocycles. The molecule has 1 heterocycles. The number of rotatable bonds is 15. The van der Waals surface area contributed by atoms with Gasteiger partial charge in [-0.1, -0.05) is 41.9 Å². The number of hydrogen-bond acceptors (Lipinski definition) is 10. The van der Waals surface area contributed by atoms with Crippen LogP contribution >= 0.6 is 11.6 Å². The first-order chi connectivity index (χ1) is 18.8. The SMILES string of the molecule is COCCOC(=O)C1(C(=O)OCCOC)OC=C(c2cccc(CC(C)NCC(O)c3cccc(Cl)c3)c2)O1. The van der Waals surface area contributed by atoms with E-state index in [9.17, 15) is 14.7 Å². The van der Waals surface area contributed by atoms with Crippen molar-refractivity contribution in [3.8, 4) is 0 Å². The number of hydrogen-bond donors (Lipinski definition) is 2. The molecule has 2 atom stereocenters. The summed E-state index contributed by atoms with van der Waals surface area (Å²) < 4.78 is 31.3. The second-order valence-electron chi connectivity index (χ2n) is 8.86. The summed E-state index contributed by atoms with van der Waals surface area (Å²) in [5.41, 5.74) is 2.28. The summed E-state index contributed by atoms with van der Waals surface area (Å²) in [6.07, 6.45) is 1.12. The third-order valence-corrected chi connectivity index (χ3v) is 6.05. The number of nitrogens with one attached hydrogen (secondary N) is 1. The van der Waals surface area contributed by atoms with E-state index in [-0.39, 0.29) is 38.2 Å². The lowest BCUT2D eigenvalue weighted by Gasteiger charge is -2.24. The number of benzene rings is 2. The van der Waals surface area contributed by atoms with Crippen LogP contribution < -0.4 is 5.32 Å². The summed E-state index contributed by atoms with van der Waals surface area (Å²) >= 11 is 6.02. The van der Waals surface area contributed by atoms with Crippen molar-refractivity contribution in [3.63, 3.8) is 0 Å². The minimum absolute atomic E-state index is 0.0226. The monoisotopic (exact) mass is 563 g/mol. The molecule has 0 amide bonds. The fourth-order valence-corrected chi connectivity index (χ4v) is 3.98. The van der Waals surface area contributed by atoms with Gasteiger partial charge in [0.25, 0.3) is 0 Å². The molecule has 1 aliphatic rings. The van der Waals surface area contributed by atoms with Crippen molar-refractivity contribution in [1.82, 2.24) is 5.32 Å². The van der Waals surface area contributed by atoms with Crippen molar-refractivity contribution >= 4 is 29.3 Å². The minimum atomic E-state index is -2.43. The first kappa shape index (κ1) is 30.4. The van der Waals surface area contributed by atoms with Crippen molar-refractivity contribution in [1.29, 1.82) is 0 Å². The molecular weight excluding hydrogens is 530 g/mol. The average Bonchev–Trinajstić information content (AvgIpc) is 3.39. The maximum Gasteiger partial charge on any atom is 0.453 e. The van der Waals surface area contributed by atoms with Crippen LogP contribution in [0.2, 0.25) is 5.02 Å². The summed E-state index contributed by atoms with van der Waals surface area (Å²) in [5, 5.41) is 14.4. The number of carbonyl (C=O) groups excluding carboxylic acids is 2. The van der Waals surface area contributed by atoms with Gasteiger partial charge in [-0.3, -0.25) is 0 Å². The van der Waals surface area contributed by atoms with Gasteiger partial charge >= 0.3 is 17.7 Å². The van der Waals surface area contributed by atoms with E-state index in [1.807, 2.05) is 31.2 Å². The van der Waals surface area contributed by atoms with Crippen LogP contribution in [0.25, 0.3) is 5.76 Å². The third-order valence-electron chi connectivity index (χ3n) is 5.81. The maximum absolute atomic E-state index is 12.8. The zero-order chi connectivity index (χ0) is 28.3. The highest BCUT2D eigenvalue weighted by molar-refractivity contribution is 6.30. The van der Waals surface area contributed by atoms with Crippen molar-refractivity contribution < 1.29 is 43.1 Å². The first-order valence-electron chi connectivity index (χ1n) is 12.4. The third kappa shape index (κ3) is 8.42. The Hall–Kier alpha value is -3.15. The molecule has 0 aromatic heterocycles. The van der Waals surface area contributed by atoms with Gasteiger partial charge in [0.05, 0.1) is 19.3 Å². The largest absolute Gasteiger partial charge is 0.457 e. The molecule has 0 saturated carbocycles. The molecule has 2 aromatic rings. The van der Waals surface area contributed by atoms with E-state index in [2.05, 4.69) is 5.32 Å². The number of ether oxygens (including phenoxy) is 6. The molecule has 0 radical (unpaired) electrons. The zero-order valence-corrected chi connectivity index (χ0v) is 22.9. The summed E-state index contributed by atoms with van der Waals surface area (Å²) in [6.45, 7) is 2.41. The Bertz CT molecular complexity index is 1120. The van der Waals surface area contributed by atoms with Crippen LogP contribution in [0.1, 0.15) is 29.7 Å². The Morgan fingerprint density at radius 3 is 2.31 bits per heavy atom. The van der Waals surface area contributed by atoms with Gasteiger partial charge in [-0.05, 0) is 42.7 Å². The number of esters is 2. The molecule has 0 spiro atoms. The van der Waals surface area contributed by atoms with Crippen LogP contribution in [0.5, 0.6) is 0 Å². The van der Waals surface area contributed by atoms with E-state index in [0.717, 1.165) is 11.1 Å². The molecule has 2 N–H and O–H groups in total. The fraction of sp³-hybridized carbons (Fsp3) is 0.429. The minimum Gasteiger partial charge on any atom is -0.457 e. The Kier molecular flexibility index (Phi) is 11.6. The van der Waals surface area contributed by atoms with Crippen molar-refractivity contribution in [3.05, 3.63) is 76.5 Å². The van der Waals surface area contributed by atoms with E-state index in [1.54, 1.807) is 24.3 Å². The molecule has 0 aliphatic carbocycles. The highest BCUT2D eigenvalue weighted by Gasteiger charge is 2.58. The highest BCUT2D eigenvalue weighted by Crippen LogP contribution is 2.34. The van der Waals surface area contributed by atoms with Gasteiger partial charge in [0.2, 0.25) is 0 Å². The lowest BCUT2D eigenvalue weighted by molar-refractivity contribution is -0.216. The number of halogens is 1. The smallest absolute Gasteiger partial charge is 0.453 e. The molecule has 3 rings (SSSR count). The quantitative estimate of drug-likeness (QED) is 0.190. The van der Waals surface area contributed by atoms with E-state index in [4.69, 9.17) is 40.0 Å². The molecule has 0 saturated heterocycles. The zero-order valence-electron chi connectivity index (χ0n) is 22.2. The predicted octanol–water partition coefficient (Wildman–Crippen LogP) is 3.01. The predicted molar refractivity (Wildman–Crippen MR) is 143 cm³/mol. The van der Waals surface area contributed by atoms with Gasteiger partial charge in [-0.15, -0.1) is 0 Å². The lowest BCUT2D eigenvalue weighted by atomic mass is 10.0. The molecule has 1 aliphatic heterocycles. The molecule has 11 heteroatoms. The number of aliphatic hydroxyl groups excluding tert-OH is 1. The highest BCUT2D eigenvalue weighted by atomic mass is 35.5. The number of aliphatic hydroxyl groups is 1. The molecule has 39 heavy (non-hydrogen) atoms. The van der Waals surface area contributed by atoms with Gasteiger partial charge in [-0.25, -0.2) is 9.59 Å². The van der Waals surface area contributed by atoms with Crippen LogP contribution in [0.3, 0.4) is 0 Å². The van der Waals surface area contributed by atoms with Crippen LogP contribution in [0.15, 0.2) is 54.8 Å². The van der Waals surface area contributed by atoms with Gasteiger partial charge in [-0.2, -0.15) is 0 Å². The van der Waals surface area contributed by atoms with Crippen LogP contribution in [0.4, 0.5) is 0 Å². The van der Waals surface area contributed by atoms with Gasteiger partial charge in [0.15, 0.2) is 5.76 Å². The normalized spacial score (nSPS) is 15.5. The summed E-state index contributed by atoms with van der Waals surface area (Å²) in [7, 11) is 2.91. The van der Waals surface area contributed by atoms with Crippen molar-refractivity contribution in [2.24, 2.45) is 0 Å². The Balaban J connectivity index is 1.64.